The molecule has 10 nitrogen and oxygen atoms in total. The Bertz CT molecular complexity index is 769. The van der Waals surface area contributed by atoms with Crippen molar-refractivity contribution in [2.75, 3.05) is 0 Å². The molecule has 174 valence electrons. The third kappa shape index (κ3) is 6.76. The summed E-state index contributed by atoms with van der Waals surface area (Å²) in [6.07, 6.45) is 0.116. The van der Waals surface area contributed by atoms with Gasteiger partial charge in [-0.3, -0.25) is 14.6 Å². The number of nitrogens with zero attached hydrogens (tertiary/aromatic N) is 1. The molecular weight excluding hydrogens is 420 g/mol. The van der Waals surface area contributed by atoms with Crippen LogP contribution in [0.15, 0.2) is 24.4 Å². The molecular formula is C20H29B2NO9. The molecule has 0 bridgehead atoms. The highest BCUT2D eigenvalue weighted by Crippen LogP contribution is 2.38. The number of aliphatic hydroxyl groups is 1. The van der Waals surface area contributed by atoms with Crippen LogP contribution in [0.1, 0.15) is 44.7 Å². The fourth-order valence-electron chi connectivity index (χ4n) is 4.52. The van der Waals surface area contributed by atoms with Gasteiger partial charge in [0.25, 0.3) is 0 Å². The van der Waals surface area contributed by atoms with Gasteiger partial charge in [0.05, 0.1) is 31.2 Å². The van der Waals surface area contributed by atoms with Crippen molar-refractivity contribution in [3.05, 3.63) is 30.1 Å². The number of carboxylic acid groups (broad SMARTS) is 2. The first-order chi connectivity index (χ1) is 15.2. The van der Waals surface area contributed by atoms with Crippen molar-refractivity contribution in [1.29, 1.82) is 0 Å². The van der Waals surface area contributed by atoms with Gasteiger partial charge in [-0.15, -0.1) is 0 Å². The Morgan fingerprint density at radius 1 is 1.19 bits per heavy atom. The number of carbonyl (C=O) groups is 2. The van der Waals surface area contributed by atoms with Crippen molar-refractivity contribution in [1.82, 2.24) is 4.98 Å². The van der Waals surface area contributed by atoms with E-state index < -0.39 is 56.4 Å². The van der Waals surface area contributed by atoms with Crippen molar-refractivity contribution >= 4 is 26.2 Å². The van der Waals surface area contributed by atoms with Gasteiger partial charge in [-0.05, 0) is 50.6 Å². The molecule has 0 aromatic carbocycles. The number of aliphatic carboxylic acids is 2. The van der Waals surface area contributed by atoms with E-state index in [0.29, 0.717) is 19.3 Å². The number of carboxylic acids is 2. The average Bonchev–Trinajstić information content (AvgIpc) is 2.69. The second-order valence-electron chi connectivity index (χ2n) is 8.56. The van der Waals surface area contributed by atoms with E-state index in [2.05, 4.69) is 4.98 Å². The summed E-state index contributed by atoms with van der Waals surface area (Å²) in [5.41, 5.74) is 0.842. The van der Waals surface area contributed by atoms with Gasteiger partial charge < -0.3 is 34.3 Å². The minimum Gasteiger partial charge on any atom is -0.481 e. The molecule has 2 aliphatic rings. The first kappa shape index (κ1) is 24.7. The maximum Gasteiger partial charge on any atom is 0.462 e. The van der Waals surface area contributed by atoms with Crippen LogP contribution in [0.3, 0.4) is 0 Å². The number of rotatable bonds is 9. The van der Waals surface area contributed by atoms with Crippen LogP contribution in [-0.4, -0.2) is 75.9 Å². The molecule has 0 amide bonds. The van der Waals surface area contributed by atoms with E-state index in [1.165, 1.54) is 6.92 Å². The van der Waals surface area contributed by atoms with E-state index in [4.69, 9.17) is 19.1 Å². The summed E-state index contributed by atoms with van der Waals surface area (Å²) in [4.78, 5) is 26.7. The average molecular weight is 449 g/mol. The van der Waals surface area contributed by atoms with Crippen LogP contribution in [-0.2, 0) is 30.0 Å². The van der Waals surface area contributed by atoms with Crippen LogP contribution in [0.5, 0.6) is 0 Å². The maximum absolute atomic E-state index is 11.2. The van der Waals surface area contributed by atoms with Gasteiger partial charge in [0.2, 0.25) is 0 Å². The monoisotopic (exact) mass is 449 g/mol. The number of hydrogen-bond acceptors (Lipinski definition) is 8. The highest BCUT2D eigenvalue weighted by Gasteiger charge is 2.49. The van der Waals surface area contributed by atoms with Crippen LogP contribution >= 0.6 is 0 Å². The van der Waals surface area contributed by atoms with Crippen molar-refractivity contribution in [3.63, 3.8) is 0 Å². The van der Waals surface area contributed by atoms with Crippen LogP contribution in [0.25, 0.3) is 0 Å². The molecule has 0 spiro atoms. The van der Waals surface area contributed by atoms with Gasteiger partial charge in [-0.2, -0.15) is 0 Å². The number of aliphatic hydroxyl groups excluding tert-OH is 1. The third-order valence-corrected chi connectivity index (χ3v) is 6.02. The molecule has 4 N–H and O–H groups in total. The molecule has 1 aromatic rings. The Morgan fingerprint density at radius 3 is 2.53 bits per heavy atom. The molecule has 2 aliphatic heterocycles. The molecule has 2 saturated heterocycles. The normalized spacial score (nSPS) is 29.5. The minimum absolute atomic E-state index is 0.123. The maximum atomic E-state index is 11.2. The van der Waals surface area contributed by atoms with Crippen LogP contribution < -0.4 is 0 Å². The lowest BCUT2D eigenvalue weighted by atomic mass is 9.60. The smallest absolute Gasteiger partial charge is 0.462 e. The molecule has 0 saturated carbocycles. The fraction of sp³-hybridized carbons (Fsp3) is 0.650. The molecule has 12 heteroatoms. The summed E-state index contributed by atoms with van der Waals surface area (Å²) in [6.45, 7) is 1.51. The topological polar surface area (TPSA) is 156 Å². The number of hydrogen-bond donors (Lipinski definition) is 4. The zero-order valence-electron chi connectivity index (χ0n) is 17.9. The first-order valence-electron chi connectivity index (χ1n) is 10.9. The SMILES string of the molecule is C[C@@H](O)[C@H]1B(O)O[C@H](CC(=O)O)CC1OB1O[C@H](CC(=O)O)CC[C@@H]1Cc1ccccn1. The lowest BCUT2D eigenvalue weighted by Gasteiger charge is -2.42. The van der Waals surface area contributed by atoms with Gasteiger partial charge in [0.1, 0.15) is 0 Å². The molecule has 2 fully saturated rings. The summed E-state index contributed by atoms with van der Waals surface area (Å²) in [5.74, 6) is -2.97. The summed E-state index contributed by atoms with van der Waals surface area (Å²) < 4.78 is 17.7. The quantitative estimate of drug-likeness (QED) is 0.402. The van der Waals surface area contributed by atoms with E-state index in [1.54, 1.807) is 6.20 Å². The largest absolute Gasteiger partial charge is 0.481 e. The zero-order valence-corrected chi connectivity index (χ0v) is 17.9. The van der Waals surface area contributed by atoms with Crippen molar-refractivity contribution in [2.24, 2.45) is 0 Å². The van der Waals surface area contributed by atoms with Crippen molar-refractivity contribution in [2.45, 2.75) is 81.5 Å². The molecule has 3 heterocycles. The van der Waals surface area contributed by atoms with E-state index in [0.717, 1.165) is 5.69 Å². The molecule has 0 radical (unpaired) electrons. The predicted molar refractivity (Wildman–Crippen MR) is 114 cm³/mol. The Kier molecular flexibility index (Phi) is 8.66. The van der Waals surface area contributed by atoms with Gasteiger partial charge in [0.15, 0.2) is 0 Å². The zero-order chi connectivity index (χ0) is 23.3. The van der Waals surface area contributed by atoms with E-state index >= 15 is 0 Å². The molecule has 1 aromatic heterocycles. The Balaban J connectivity index is 1.78. The summed E-state index contributed by atoms with van der Waals surface area (Å²) in [6, 6.07) is 5.58. The molecule has 6 atom stereocenters. The lowest BCUT2D eigenvalue weighted by Crippen LogP contribution is -2.52. The Labute approximate surface area is 187 Å². The van der Waals surface area contributed by atoms with E-state index in [9.17, 15) is 24.8 Å². The van der Waals surface area contributed by atoms with Crippen LogP contribution in [0, 0.1) is 0 Å². The summed E-state index contributed by atoms with van der Waals surface area (Å²) in [7, 11) is -2.19. The predicted octanol–water partition coefficient (Wildman–Crippen LogP) is 1.02. The standard InChI is InChI=1S/C20H29B2NO9/c1-12(24)20-17(9-16(11-19(27)28)30-21(20)29)32-22-13(8-14-4-2-3-7-23-14)5-6-15(31-22)10-18(25)26/h2-4,7,12-13,15-17,20,24,29H,5-6,8-11H2,1H3,(H,25,26)(H,27,28)/t12-,13-,15+,16+,17?,20-/m1/s1. The molecule has 32 heavy (non-hydrogen) atoms. The van der Waals surface area contributed by atoms with Crippen LogP contribution in [0.2, 0.25) is 11.6 Å². The van der Waals surface area contributed by atoms with Gasteiger partial charge in [0, 0.05) is 23.8 Å². The van der Waals surface area contributed by atoms with Crippen molar-refractivity contribution < 1.29 is 43.9 Å². The highest BCUT2D eigenvalue weighted by atomic mass is 16.6. The number of pyridine rings is 1. The number of aromatic nitrogens is 1. The van der Waals surface area contributed by atoms with Crippen LogP contribution in [0.4, 0.5) is 0 Å². The molecule has 3 rings (SSSR count). The van der Waals surface area contributed by atoms with Gasteiger partial charge >= 0.3 is 26.2 Å². The van der Waals surface area contributed by atoms with Gasteiger partial charge in [-0.25, -0.2) is 0 Å². The minimum atomic E-state index is -1.40. The first-order valence-corrected chi connectivity index (χ1v) is 10.9. The summed E-state index contributed by atoms with van der Waals surface area (Å²) >= 11 is 0. The molecule has 0 aliphatic carbocycles. The van der Waals surface area contributed by atoms with Gasteiger partial charge in [-0.1, -0.05) is 6.07 Å². The second kappa shape index (κ2) is 11.2. The lowest BCUT2D eigenvalue weighted by molar-refractivity contribution is -0.140. The molecule has 1 unspecified atom stereocenters. The van der Waals surface area contributed by atoms with E-state index in [-0.39, 0.29) is 25.1 Å². The highest BCUT2D eigenvalue weighted by molar-refractivity contribution is 6.48. The van der Waals surface area contributed by atoms with Crippen molar-refractivity contribution in [3.8, 4) is 0 Å². The van der Waals surface area contributed by atoms with E-state index in [1.807, 2.05) is 18.2 Å². The second-order valence-corrected chi connectivity index (χ2v) is 8.56. The fourth-order valence-corrected chi connectivity index (χ4v) is 4.52. The summed E-state index contributed by atoms with van der Waals surface area (Å²) in [5, 5.41) is 38.9. The Hall–Kier alpha value is -1.98. The Morgan fingerprint density at radius 2 is 1.91 bits per heavy atom. The third-order valence-electron chi connectivity index (χ3n) is 6.02.